The molecule has 0 radical (unpaired) electrons. The van der Waals surface area contributed by atoms with Crippen LogP contribution in [0.5, 0.6) is 0 Å². The highest BCUT2D eigenvalue weighted by Crippen LogP contribution is 2.20. The number of hydrogen-bond acceptors (Lipinski definition) is 3. The summed E-state index contributed by atoms with van der Waals surface area (Å²) >= 11 is 1.46. The first-order valence-corrected chi connectivity index (χ1v) is 4.42. The van der Waals surface area contributed by atoms with Crippen LogP contribution in [-0.4, -0.2) is 11.7 Å². The quantitative estimate of drug-likeness (QED) is 0.658. The second-order valence-electron chi connectivity index (χ2n) is 2.30. The lowest BCUT2D eigenvalue weighted by atomic mass is 10.3. The van der Waals surface area contributed by atoms with Gasteiger partial charge in [-0.25, -0.2) is 0 Å². The van der Waals surface area contributed by atoms with Gasteiger partial charge in [-0.3, -0.25) is 4.79 Å². The minimum atomic E-state index is -0.0810. The molecule has 1 aliphatic heterocycles. The van der Waals surface area contributed by atoms with Crippen LogP contribution in [-0.2, 0) is 4.79 Å². The SMILES string of the molecule is CC(=O)NC1=CC=C(C#N)CS1. The maximum atomic E-state index is 10.6. The van der Waals surface area contributed by atoms with Crippen LogP contribution >= 0.6 is 11.8 Å². The molecule has 3 nitrogen and oxygen atoms in total. The standard InChI is InChI=1S/C8H8N2OS/c1-6(11)10-8-3-2-7(4-9)5-12-8/h2-3H,5H2,1H3,(H,10,11). The highest BCUT2D eigenvalue weighted by Gasteiger charge is 2.06. The maximum absolute atomic E-state index is 10.6. The third kappa shape index (κ3) is 2.44. The Kier molecular flexibility index (Phi) is 2.94. The summed E-state index contributed by atoms with van der Waals surface area (Å²) in [5.74, 6) is 0.561. The summed E-state index contributed by atoms with van der Waals surface area (Å²) in [6, 6.07) is 2.06. The van der Waals surface area contributed by atoms with Gasteiger partial charge in [0.1, 0.15) is 0 Å². The molecular weight excluding hydrogens is 172 g/mol. The summed E-state index contributed by atoms with van der Waals surface area (Å²) in [7, 11) is 0. The van der Waals surface area contributed by atoms with Crippen molar-refractivity contribution in [1.82, 2.24) is 5.32 Å². The lowest BCUT2D eigenvalue weighted by Crippen LogP contribution is -2.18. The van der Waals surface area contributed by atoms with E-state index < -0.39 is 0 Å². The average molecular weight is 180 g/mol. The summed E-state index contributed by atoms with van der Waals surface area (Å²) in [6.07, 6.45) is 3.47. The molecule has 0 aliphatic carbocycles. The van der Waals surface area contributed by atoms with Crippen molar-refractivity contribution in [1.29, 1.82) is 5.26 Å². The van der Waals surface area contributed by atoms with Gasteiger partial charge in [0.15, 0.2) is 0 Å². The molecule has 12 heavy (non-hydrogen) atoms. The second kappa shape index (κ2) is 3.98. The molecule has 0 aromatic heterocycles. The Labute approximate surface area is 75.1 Å². The summed E-state index contributed by atoms with van der Waals surface area (Å²) in [5, 5.41) is 12.0. The van der Waals surface area contributed by atoms with Crippen LogP contribution in [0.1, 0.15) is 6.92 Å². The van der Waals surface area contributed by atoms with Crippen molar-refractivity contribution in [3.8, 4) is 6.07 Å². The Hall–Kier alpha value is -1.21. The van der Waals surface area contributed by atoms with E-state index in [-0.39, 0.29) is 5.91 Å². The fourth-order valence-electron chi connectivity index (χ4n) is 0.749. The van der Waals surface area contributed by atoms with Gasteiger partial charge in [0.2, 0.25) is 5.91 Å². The van der Waals surface area contributed by atoms with E-state index in [0.29, 0.717) is 5.75 Å². The molecule has 0 aromatic rings. The van der Waals surface area contributed by atoms with Crippen LogP contribution in [0, 0.1) is 11.3 Å². The first-order valence-electron chi connectivity index (χ1n) is 3.43. The van der Waals surface area contributed by atoms with E-state index in [4.69, 9.17) is 5.26 Å². The Morgan fingerprint density at radius 2 is 2.50 bits per heavy atom. The molecule has 1 N–H and O–H groups in total. The molecule has 0 saturated heterocycles. The number of thioether (sulfide) groups is 1. The predicted octanol–water partition coefficient (Wildman–Crippen LogP) is 1.16. The van der Waals surface area contributed by atoms with E-state index in [9.17, 15) is 4.79 Å². The summed E-state index contributed by atoms with van der Waals surface area (Å²) in [5.41, 5.74) is 0.731. The molecule has 1 aliphatic rings. The molecule has 0 bridgehead atoms. The highest BCUT2D eigenvalue weighted by atomic mass is 32.2. The number of hydrogen-bond donors (Lipinski definition) is 1. The number of carbonyl (C=O) groups is 1. The minimum Gasteiger partial charge on any atom is -0.321 e. The zero-order chi connectivity index (χ0) is 8.97. The lowest BCUT2D eigenvalue weighted by Gasteiger charge is -2.09. The van der Waals surface area contributed by atoms with Crippen LogP contribution in [0.3, 0.4) is 0 Å². The molecule has 0 saturated carbocycles. The van der Waals surface area contributed by atoms with E-state index in [0.717, 1.165) is 10.6 Å². The third-order valence-electron chi connectivity index (χ3n) is 1.26. The molecule has 0 spiro atoms. The van der Waals surface area contributed by atoms with Crippen molar-refractivity contribution in [3.05, 3.63) is 22.8 Å². The topological polar surface area (TPSA) is 52.9 Å². The van der Waals surface area contributed by atoms with Gasteiger partial charge >= 0.3 is 0 Å². The van der Waals surface area contributed by atoms with Crippen LogP contribution in [0.2, 0.25) is 0 Å². The van der Waals surface area contributed by atoms with Crippen molar-refractivity contribution in [2.45, 2.75) is 6.92 Å². The molecule has 0 unspecified atom stereocenters. The molecule has 0 aromatic carbocycles. The molecule has 4 heteroatoms. The highest BCUT2D eigenvalue weighted by molar-refractivity contribution is 8.03. The fourth-order valence-corrected chi connectivity index (χ4v) is 1.60. The van der Waals surface area contributed by atoms with Crippen molar-refractivity contribution < 1.29 is 4.79 Å². The van der Waals surface area contributed by atoms with Crippen LogP contribution in [0.15, 0.2) is 22.8 Å². The number of rotatable bonds is 1. The summed E-state index contributed by atoms with van der Waals surface area (Å²) < 4.78 is 0. The van der Waals surface area contributed by atoms with Crippen LogP contribution in [0.25, 0.3) is 0 Å². The molecule has 0 fully saturated rings. The number of allylic oxidation sites excluding steroid dienone is 2. The van der Waals surface area contributed by atoms with Crippen molar-refractivity contribution in [3.63, 3.8) is 0 Å². The monoisotopic (exact) mass is 180 g/mol. The van der Waals surface area contributed by atoms with Crippen molar-refractivity contribution >= 4 is 17.7 Å². The number of nitriles is 1. The molecule has 0 atom stereocenters. The average Bonchev–Trinajstić information content (AvgIpc) is 2.05. The smallest absolute Gasteiger partial charge is 0.221 e. The summed E-state index contributed by atoms with van der Waals surface area (Å²) in [6.45, 7) is 1.46. The number of nitrogens with zero attached hydrogens (tertiary/aromatic N) is 1. The van der Waals surface area contributed by atoms with Crippen LogP contribution < -0.4 is 5.32 Å². The van der Waals surface area contributed by atoms with E-state index in [1.165, 1.54) is 18.7 Å². The molecular formula is C8H8N2OS. The van der Waals surface area contributed by atoms with Gasteiger partial charge in [0, 0.05) is 18.2 Å². The normalized spacial score (nSPS) is 15.7. The van der Waals surface area contributed by atoms with Crippen LogP contribution in [0.4, 0.5) is 0 Å². The van der Waals surface area contributed by atoms with Gasteiger partial charge in [-0.2, -0.15) is 5.26 Å². The number of carbonyl (C=O) groups excluding carboxylic acids is 1. The zero-order valence-electron chi connectivity index (χ0n) is 6.63. The van der Waals surface area contributed by atoms with Gasteiger partial charge in [-0.1, -0.05) is 0 Å². The first kappa shape index (κ1) is 8.88. The van der Waals surface area contributed by atoms with Gasteiger partial charge in [0.05, 0.1) is 11.1 Å². The van der Waals surface area contributed by atoms with E-state index in [1.807, 2.05) is 0 Å². The Bertz CT molecular complexity index is 299. The lowest BCUT2D eigenvalue weighted by molar-refractivity contribution is -0.118. The fraction of sp³-hybridized carbons (Fsp3) is 0.250. The van der Waals surface area contributed by atoms with Crippen molar-refractivity contribution in [2.24, 2.45) is 0 Å². The zero-order valence-corrected chi connectivity index (χ0v) is 7.44. The van der Waals surface area contributed by atoms with E-state index in [2.05, 4.69) is 11.4 Å². The Morgan fingerprint density at radius 1 is 1.75 bits per heavy atom. The second-order valence-corrected chi connectivity index (χ2v) is 3.32. The predicted molar refractivity (Wildman–Crippen MR) is 48.1 cm³/mol. The third-order valence-corrected chi connectivity index (χ3v) is 2.27. The molecule has 1 heterocycles. The molecule has 1 rings (SSSR count). The number of nitrogens with one attached hydrogen (secondary N) is 1. The van der Waals surface area contributed by atoms with Crippen molar-refractivity contribution in [2.75, 3.05) is 5.75 Å². The maximum Gasteiger partial charge on any atom is 0.221 e. The first-order chi connectivity index (χ1) is 5.72. The minimum absolute atomic E-state index is 0.0810. The van der Waals surface area contributed by atoms with E-state index >= 15 is 0 Å². The summed E-state index contributed by atoms with van der Waals surface area (Å²) in [4.78, 5) is 10.6. The Morgan fingerprint density at radius 3 is 2.92 bits per heavy atom. The van der Waals surface area contributed by atoms with E-state index in [1.54, 1.807) is 12.2 Å². The number of amides is 1. The Balaban J connectivity index is 2.61. The molecule has 62 valence electrons. The van der Waals surface area contributed by atoms with Gasteiger partial charge < -0.3 is 5.32 Å². The largest absolute Gasteiger partial charge is 0.321 e. The van der Waals surface area contributed by atoms with Gasteiger partial charge in [-0.05, 0) is 12.2 Å². The molecule has 1 amide bonds. The van der Waals surface area contributed by atoms with Gasteiger partial charge in [-0.15, -0.1) is 11.8 Å². The van der Waals surface area contributed by atoms with Gasteiger partial charge in [0.25, 0.3) is 0 Å².